The number of aliphatic hydroxyl groups excluding tert-OH is 1. The van der Waals surface area contributed by atoms with Crippen LogP contribution in [-0.4, -0.2) is 30.5 Å². The monoisotopic (exact) mass is 421 g/mol. The molecular formula is C21H24ClNO4S. The number of nitrogens with one attached hydrogen (secondary N) is 1. The van der Waals surface area contributed by atoms with Gasteiger partial charge < -0.3 is 19.9 Å². The van der Waals surface area contributed by atoms with E-state index in [0.717, 1.165) is 12.0 Å². The summed E-state index contributed by atoms with van der Waals surface area (Å²) in [5, 5.41) is 14.5. The van der Waals surface area contributed by atoms with Crippen LogP contribution < -0.4 is 5.32 Å². The maximum Gasteiger partial charge on any atom is 0.286 e. The zero-order valence-electron chi connectivity index (χ0n) is 15.5. The van der Waals surface area contributed by atoms with E-state index in [1.165, 1.54) is 4.88 Å². The van der Waals surface area contributed by atoms with Gasteiger partial charge >= 0.3 is 0 Å². The first kappa shape index (κ1) is 20.9. The summed E-state index contributed by atoms with van der Waals surface area (Å²) in [5.74, 6) is 0.0961. The summed E-state index contributed by atoms with van der Waals surface area (Å²) in [5.41, 5.74) is 0.959. The number of aliphatic hydroxyl groups is 1. The van der Waals surface area contributed by atoms with Gasteiger partial charge in [0.2, 0.25) is 6.29 Å². The summed E-state index contributed by atoms with van der Waals surface area (Å²) in [4.78, 5) is 13.8. The highest BCUT2D eigenvalue weighted by Gasteiger charge is 2.29. The second kappa shape index (κ2) is 10.6. The Morgan fingerprint density at radius 3 is 2.82 bits per heavy atom. The number of carbonyl (C=O) groups excluding carboxylic acids is 1. The summed E-state index contributed by atoms with van der Waals surface area (Å²) in [7, 11) is 0. The molecule has 0 spiro atoms. The summed E-state index contributed by atoms with van der Waals surface area (Å²) in [6.45, 7) is 1.02. The topological polar surface area (TPSA) is 67.8 Å². The maximum atomic E-state index is 12.7. The Morgan fingerprint density at radius 1 is 1.29 bits per heavy atom. The van der Waals surface area contributed by atoms with Gasteiger partial charge in [-0.25, -0.2) is 0 Å². The Morgan fingerprint density at radius 2 is 2.11 bits per heavy atom. The molecule has 7 heteroatoms. The summed E-state index contributed by atoms with van der Waals surface area (Å²) < 4.78 is 11.6. The number of rotatable bonds is 9. The molecular weight excluding hydrogens is 398 g/mol. The van der Waals surface area contributed by atoms with Crippen molar-refractivity contribution >= 4 is 28.8 Å². The van der Waals surface area contributed by atoms with Crippen LogP contribution in [0.25, 0.3) is 0 Å². The van der Waals surface area contributed by atoms with Gasteiger partial charge in [-0.1, -0.05) is 29.8 Å². The van der Waals surface area contributed by atoms with Crippen LogP contribution in [0, 0.1) is 0 Å². The molecule has 1 amide bonds. The van der Waals surface area contributed by atoms with Crippen molar-refractivity contribution in [3.63, 3.8) is 0 Å². The number of benzene rings is 1. The molecule has 2 atom stereocenters. The minimum Gasteiger partial charge on any atom is -0.459 e. The third-order valence-corrected chi connectivity index (χ3v) is 5.67. The fourth-order valence-electron chi connectivity index (χ4n) is 2.92. The normalized spacial score (nSPS) is 19.0. The predicted octanol–water partition coefficient (Wildman–Crippen LogP) is 4.22. The Bertz CT molecular complexity index is 776. The van der Waals surface area contributed by atoms with Gasteiger partial charge in [0.25, 0.3) is 5.91 Å². The van der Waals surface area contributed by atoms with E-state index in [4.69, 9.17) is 26.2 Å². The zero-order chi connectivity index (χ0) is 19.8. The van der Waals surface area contributed by atoms with E-state index in [-0.39, 0.29) is 24.2 Å². The first-order chi connectivity index (χ1) is 13.7. The predicted molar refractivity (Wildman–Crippen MR) is 110 cm³/mol. The number of hydrogen-bond donors (Lipinski definition) is 2. The summed E-state index contributed by atoms with van der Waals surface area (Å²) >= 11 is 7.55. The molecule has 0 aliphatic carbocycles. The van der Waals surface area contributed by atoms with E-state index >= 15 is 0 Å². The van der Waals surface area contributed by atoms with Crippen LogP contribution in [0.15, 0.2) is 53.6 Å². The number of halogens is 1. The zero-order valence-corrected chi connectivity index (χ0v) is 17.0. The van der Waals surface area contributed by atoms with Gasteiger partial charge in [-0.2, -0.15) is 0 Å². The molecule has 28 heavy (non-hydrogen) atoms. The molecule has 5 nitrogen and oxygen atoms in total. The molecule has 0 saturated carbocycles. The smallest absolute Gasteiger partial charge is 0.286 e. The van der Waals surface area contributed by atoms with Crippen molar-refractivity contribution in [1.29, 1.82) is 0 Å². The van der Waals surface area contributed by atoms with Gasteiger partial charge in [-0.15, -0.1) is 11.3 Å². The van der Waals surface area contributed by atoms with Crippen LogP contribution in [0.5, 0.6) is 0 Å². The van der Waals surface area contributed by atoms with Crippen LogP contribution in [0.3, 0.4) is 0 Å². The van der Waals surface area contributed by atoms with E-state index in [9.17, 15) is 4.79 Å². The van der Waals surface area contributed by atoms with Gasteiger partial charge in [0.1, 0.15) is 0 Å². The van der Waals surface area contributed by atoms with Crippen LogP contribution in [0.1, 0.15) is 35.6 Å². The molecule has 2 heterocycles. The molecule has 2 aromatic rings. The van der Waals surface area contributed by atoms with Crippen molar-refractivity contribution in [3.05, 3.63) is 69.1 Å². The van der Waals surface area contributed by atoms with Gasteiger partial charge in [0.05, 0.1) is 6.61 Å². The highest BCUT2D eigenvalue weighted by Crippen LogP contribution is 2.33. The highest BCUT2D eigenvalue weighted by atomic mass is 35.5. The van der Waals surface area contributed by atoms with Crippen molar-refractivity contribution < 1.29 is 19.4 Å². The van der Waals surface area contributed by atoms with Crippen LogP contribution in [0.4, 0.5) is 0 Å². The molecule has 0 saturated heterocycles. The second-order valence-electron chi connectivity index (χ2n) is 6.55. The quantitative estimate of drug-likeness (QED) is 0.595. The Hall–Kier alpha value is -1.86. The Balaban J connectivity index is 1.63. The van der Waals surface area contributed by atoms with E-state index in [1.807, 2.05) is 29.7 Å². The van der Waals surface area contributed by atoms with Crippen molar-refractivity contribution in [3.8, 4) is 0 Å². The molecule has 0 fully saturated rings. The highest BCUT2D eigenvalue weighted by molar-refractivity contribution is 7.10. The van der Waals surface area contributed by atoms with E-state index in [0.29, 0.717) is 31.0 Å². The largest absolute Gasteiger partial charge is 0.459 e. The molecule has 2 N–H and O–H groups in total. The maximum absolute atomic E-state index is 12.7. The number of allylic oxidation sites excluding steroid dienone is 1. The van der Waals surface area contributed by atoms with Crippen LogP contribution in [0.2, 0.25) is 5.02 Å². The molecule has 0 radical (unpaired) electrons. The fraction of sp³-hybridized carbons (Fsp3) is 0.381. The molecule has 1 aliphatic heterocycles. The van der Waals surface area contributed by atoms with Crippen LogP contribution >= 0.6 is 22.9 Å². The van der Waals surface area contributed by atoms with Crippen molar-refractivity contribution in [2.45, 2.75) is 38.0 Å². The van der Waals surface area contributed by atoms with E-state index < -0.39 is 6.29 Å². The number of thiophene rings is 1. The average molecular weight is 422 g/mol. The lowest BCUT2D eigenvalue weighted by molar-refractivity contribution is -0.146. The van der Waals surface area contributed by atoms with Gasteiger partial charge in [0.15, 0.2) is 5.76 Å². The average Bonchev–Trinajstić information content (AvgIpc) is 3.25. The third-order valence-electron chi connectivity index (χ3n) is 4.41. The van der Waals surface area contributed by atoms with Crippen molar-refractivity contribution in [1.82, 2.24) is 5.32 Å². The van der Waals surface area contributed by atoms with Gasteiger partial charge in [-0.3, -0.25) is 4.79 Å². The summed E-state index contributed by atoms with van der Waals surface area (Å²) in [6, 6.07) is 11.4. The number of carbonyl (C=O) groups is 1. The number of unbranched alkanes of at least 4 members (excludes halogenated alkanes) is 1. The molecule has 3 rings (SSSR count). The molecule has 1 aromatic heterocycles. The fourth-order valence-corrected chi connectivity index (χ4v) is 3.86. The lowest BCUT2D eigenvalue weighted by atomic mass is 9.99. The molecule has 0 bridgehead atoms. The van der Waals surface area contributed by atoms with Crippen molar-refractivity contribution in [2.75, 3.05) is 13.2 Å². The van der Waals surface area contributed by atoms with Gasteiger partial charge in [0, 0.05) is 35.4 Å². The minimum atomic E-state index is -0.480. The molecule has 0 unspecified atom stereocenters. The van der Waals surface area contributed by atoms with E-state index in [2.05, 4.69) is 11.4 Å². The standard InChI is InChI=1S/C21H24ClNO4S/c22-17-7-5-15(6-8-17)14-23-21(25)18-12-16(19-4-3-11-28-19)13-20(27-18)26-10-2-1-9-24/h3-8,11-12,16,20,24H,1-2,9-10,13-14H2,(H,23,25)/t16-,20+/m1/s1. The molecule has 1 aromatic carbocycles. The lowest BCUT2D eigenvalue weighted by Crippen LogP contribution is -2.32. The van der Waals surface area contributed by atoms with Crippen molar-refractivity contribution in [2.24, 2.45) is 0 Å². The van der Waals surface area contributed by atoms with E-state index in [1.54, 1.807) is 23.5 Å². The molecule has 1 aliphatic rings. The number of hydrogen-bond acceptors (Lipinski definition) is 5. The second-order valence-corrected chi connectivity index (χ2v) is 7.96. The lowest BCUT2D eigenvalue weighted by Gasteiger charge is -2.28. The van der Waals surface area contributed by atoms with Crippen LogP contribution in [-0.2, 0) is 20.8 Å². The Labute approximate surface area is 173 Å². The third kappa shape index (κ3) is 6.07. The SMILES string of the molecule is O=C(NCc1ccc(Cl)cc1)C1=C[C@@H](c2cccs2)C[C@@H](OCCCCO)O1. The Kier molecular flexibility index (Phi) is 7.91. The number of ether oxygens (including phenoxy) is 2. The first-order valence-corrected chi connectivity index (χ1v) is 10.6. The summed E-state index contributed by atoms with van der Waals surface area (Å²) in [6.07, 6.45) is 3.49. The minimum absolute atomic E-state index is 0.0767. The molecule has 150 valence electrons. The number of amides is 1. The first-order valence-electron chi connectivity index (χ1n) is 9.32. The van der Waals surface area contributed by atoms with Gasteiger partial charge in [-0.05, 0) is 48.1 Å².